The van der Waals surface area contributed by atoms with E-state index >= 15 is 0 Å². The summed E-state index contributed by atoms with van der Waals surface area (Å²) in [4.78, 5) is 11.5. The molecule has 1 heterocycles. The van der Waals surface area contributed by atoms with Crippen LogP contribution in [0.2, 0.25) is 5.02 Å². The van der Waals surface area contributed by atoms with Gasteiger partial charge in [-0.05, 0) is 6.07 Å². The summed E-state index contributed by atoms with van der Waals surface area (Å²) in [5.41, 5.74) is 2.21. The second-order valence-electron chi connectivity index (χ2n) is 2.58. The van der Waals surface area contributed by atoms with Gasteiger partial charge in [0.2, 0.25) is 0 Å². The lowest BCUT2D eigenvalue weighted by atomic mass is 10.2. The molecule has 15 heavy (non-hydrogen) atoms. The van der Waals surface area contributed by atoms with E-state index in [0.29, 0.717) is 10.6 Å². The summed E-state index contributed by atoms with van der Waals surface area (Å²) >= 11 is 8.77. The number of aromatic nitrogens is 2. The van der Waals surface area contributed by atoms with Crippen molar-refractivity contribution in [3.8, 4) is 0 Å². The van der Waals surface area contributed by atoms with E-state index in [1.54, 1.807) is 23.7 Å². The van der Waals surface area contributed by atoms with Crippen LogP contribution in [0.3, 0.4) is 0 Å². The van der Waals surface area contributed by atoms with Crippen molar-refractivity contribution in [3.63, 3.8) is 0 Å². The first-order chi connectivity index (χ1) is 7.31. The number of nitrogens with zero attached hydrogens (tertiary/aromatic N) is 2. The Labute approximate surface area is 99.5 Å². The SMILES string of the molecule is O=Cc1cccc(Cl)c1Sc1nncs1. The van der Waals surface area contributed by atoms with E-state index in [1.807, 2.05) is 0 Å². The van der Waals surface area contributed by atoms with E-state index in [2.05, 4.69) is 10.2 Å². The summed E-state index contributed by atoms with van der Waals surface area (Å²) in [5.74, 6) is 0. The molecule has 0 aliphatic heterocycles. The highest BCUT2D eigenvalue weighted by molar-refractivity contribution is 8.01. The van der Waals surface area contributed by atoms with Crippen LogP contribution in [0.1, 0.15) is 10.4 Å². The van der Waals surface area contributed by atoms with Gasteiger partial charge in [0.25, 0.3) is 0 Å². The molecule has 0 bridgehead atoms. The molecular weight excluding hydrogens is 252 g/mol. The predicted molar refractivity (Wildman–Crippen MR) is 60.9 cm³/mol. The maximum Gasteiger partial charge on any atom is 0.178 e. The lowest BCUT2D eigenvalue weighted by Crippen LogP contribution is -1.85. The number of rotatable bonds is 3. The van der Waals surface area contributed by atoms with E-state index in [9.17, 15) is 4.79 Å². The molecule has 0 unspecified atom stereocenters. The van der Waals surface area contributed by atoms with Gasteiger partial charge in [0.15, 0.2) is 10.6 Å². The van der Waals surface area contributed by atoms with Gasteiger partial charge < -0.3 is 0 Å². The molecule has 2 rings (SSSR count). The van der Waals surface area contributed by atoms with Crippen molar-refractivity contribution in [1.29, 1.82) is 0 Å². The number of carbonyl (C=O) groups is 1. The van der Waals surface area contributed by atoms with Crippen LogP contribution < -0.4 is 0 Å². The van der Waals surface area contributed by atoms with Crippen LogP contribution >= 0.6 is 34.7 Å². The summed E-state index contributed by atoms with van der Waals surface area (Å²) in [5, 5.41) is 8.16. The minimum atomic E-state index is 0.555. The zero-order valence-electron chi connectivity index (χ0n) is 7.38. The first-order valence-corrected chi connectivity index (χ1v) is 6.06. The molecule has 0 amide bonds. The largest absolute Gasteiger partial charge is 0.298 e. The molecule has 2 aromatic rings. The van der Waals surface area contributed by atoms with E-state index in [0.717, 1.165) is 15.5 Å². The molecule has 0 spiro atoms. The van der Waals surface area contributed by atoms with Crippen molar-refractivity contribution in [2.75, 3.05) is 0 Å². The third-order valence-electron chi connectivity index (χ3n) is 1.65. The average molecular weight is 257 g/mol. The van der Waals surface area contributed by atoms with Crippen molar-refractivity contribution in [2.45, 2.75) is 9.24 Å². The lowest BCUT2D eigenvalue weighted by molar-refractivity contribution is 0.112. The molecule has 0 radical (unpaired) electrons. The summed E-state index contributed by atoms with van der Waals surface area (Å²) < 4.78 is 0.770. The minimum Gasteiger partial charge on any atom is -0.298 e. The molecule has 0 atom stereocenters. The normalized spacial score (nSPS) is 10.2. The molecule has 0 N–H and O–H groups in total. The maximum atomic E-state index is 10.8. The Morgan fingerprint density at radius 1 is 1.47 bits per heavy atom. The highest BCUT2D eigenvalue weighted by atomic mass is 35.5. The van der Waals surface area contributed by atoms with Crippen molar-refractivity contribution in [3.05, 3.63) is 34.3 Å². The first-order valence-electron chi connectivity index (χ1n) is 3.99. The quantitative estimate of drug-likeness (QED) is 0.792. The molecule has 6 heteroatoms. The molecule has 1 aromatic heterocycles. The number of hydrogen-bond donors (Lipinski definition) is 0. The molecule has 0 aliphatic carbocycles. The highest BCUT2D eigenvalue weighted by Gasteiger charge is 2.09. The van der Waals surface area contributed by atoms with Crippen molar-refractivity contribution in [1.82, 2.24) is 10.2 Å². The second kappa shape index (κ2) is 4.74. The van der Waals surface area contributed by atoms with Gasteiger partial charge in [-0.1, -0.05) is 46.8 Å². The summed E-state index contributed by atoms with van der Waals surface area (Å²) in [6.07, 6.45) is 0.787. The minimum absolute atomic E-state index is 0.555. The van der Waals surface area contributed by atoms with Crippen LogP contribution in [-0.4, -0.2) is 16.5 Å². The zero-order valence-corrected chi connectivity index (χ0v) is 9.77. The number of aldehydes is 1. The number of hydrogen-bond acceptors (Lipinski definition) is 5. The van der Waals surface area contributed by atoms with Crippen LogP contribution in [0, 0.1) is 0 Å². The fourth-order valence-corrected chi connectivity index (χ4v) is 2.83. The van der Waals surface area contributed by atoms with E-state index in [1.165, 1.54) is 23.1 Å². The molecule has 3 nitrogen and oxygen atoms in total. The standard InChI is InChI=1S/C9H5ClN2OS2/c10-7-3-1-2-6(4-13)8(7)15-9-12-11-5-14-9/h1-5H. The van der Waals surface area contributed by atoms with E-state index in [-0.39, 0.29) is 0 Å². The van der Waals surface area contributed by atoms with Crippen LogP contribution in [-0.2, 0) is 0 Å². The third kappa shape index (κ3) is 2.37. The van der Waals surface area contributed by atoms with Crippen LogP contribution in [0.5, 0.6) is 0 Å². The number of carbonyl (C=O) groups excluding carboxylic acids is 1. The van der Waals surface area contributed by atoms with Gasteiger partial charge >= 0.3 is 0 Å². The van der Waals surface area contributed by atoms with E-state index in [4.69, 9.17) is 11.6 Å². The van der Waals surface area contributed by atoms with Gasteiger partial charge in [-0.15, -0.1) is 10.2 Å². The van der Waals surface area contributed by atoms with Gasteiger partial charge in [-0.2, -0.15) is 0 Å². The van der Waals surface area contributed by atoms with Gasteiger partial charge in [-0.25, -0.2) is 0 Å². The Balaban J connectivity index is 2.38. The topological polar surface area (TPSA) is 42.9 Å². The molecule has 0 fully saturated rings. The molecular formula is C9H5ClN2OS2. The van der Waals surface area contributed by atoms with Gasteiger partial charge in [-0.3, -0.25) is 4.79 Å². The van der Waals surface area contributed by atoms with Crippen molar-refractivity contribution < 1.29 is 4.79 Å². The Kier molecular flexibility index (Phi) is 3.35. The molecule has 0 aliphatic rings. The molecule has 76 valence electrons. The van der Waals surface area contributed by atoms with Gasteiger partial charge in [0, 0.05) is 10.5 Å². The van der Waals surface area contributed by atoms with Crippen LogP contribution in [0.4, 0.5) is 0 Å². The smallest absolute Gasteiger partial charge is 0.178 e. The van der Waals surface area contributed by atoms with Crippen LogP contribution in [0.15, 0.2) is 32.9 Å². The Hall–Kier alpha value is -0.910. The zero-order chi connectivity index (χ0) is 10.7. The monoisotopic (exact) mass is 256 g/mol. The highest BCUT2D eigenvalue weighted by Crippen LogP contribution is 2.35. The Morgan fingerprint density at radius 3 is 3.00 bits per heavy atom. The molecule has 1 aromatic carbocycles. The molecule has 0 saturated heterocycles. The fraction of sp³-hybridized carbons (Fsp3) is 0. The van der Waals surface area contributed by atoms with Crippen molar-refractivity contribution >= 4 is 41.0 Å². The third-order valence-corrected chi connectivity index (χ3v) is 4.02. The maximum absolute atomic E-state index is 10.8. The second-order valence-corrected chi connectivity index (χ2v) is 5.08. The van der Waals surface area contributed by atoms with Gasteiger partial charge in [0.05, 0.1) is 5.02 Å². The van der Waals surface area contributed by atoms with Crippen molar-refractivity contribution in [2.24, 2.45) is 0 Å². The summed E-state index contributed by atoms with van der Waals surface area (Å²) in [7, 11) is 0. The lowest BCUT2D eigenvalue weighted by Gasteiger charge is -2.03. The molecule has 0 saturated carbocycles. The Morgan fingerprint density at radius 2 is 2.33 bits per heavy atom. The van der Waals surface area contributed by atoms with E-state index < -0.39 is 0 Å². The number of benzene rings is 1. The van der Waals surface area contributed by atoms with Gasteiger partial charge in [0.1, 0.15) is 5.51 Å². The van der Waals surface area contributed by atoms with Crippen LogP contribution in [0.25, 0.3) is 0 Å². The average Bonchev–Trinajstić information content (AvgIpc) is 2.74. The first kappa shape index (κ1) is 10.6. The summed E-state index contributed by atoms with van der Waals surface area (Å²) in [6, 6.07) is 5.22. The summed E-state index contributed by atoms with van der Waals surface area (Å²) in [6.45, 7) is 0. The number of halogens is 1. The fourth-order valence-electron chi connectivity index (χ4n) is 1.02. The Bertz CT molecular complexity index is 473. The predicted octanol–water partition coefficient (Wildman–Crippen LogP) is 3.16.